The fourth-order valence-electron chi connectivity index (χ4n) is 17.1. The molecule has 350 valence electrons. The van der Waals surface area contributed by atoms with Gasteiger partial charge in [0.1, 0.15) is 0 Å². The molecular weight excluding hydrogens is 844 g/mol. The first kappa shape index (κ1) is 42.2. The van der Waals surface area contributed by atoms with Gasteiger partial charge >= 0.3 is 6.85 Å². The fourth-order valence-corrected chi connectivity index (χ4v) is 17.1. The van der Waals surface area contributed by atoms with Crippen LogP contribution in [0.4, 0.5) is 17.1 Å². The molecule has 3 heteroatoms. The van der Waals surface area contributed by atoms with Crippen molar-refractivity contribution in [3.63, 3.8) is 0 Å². The van der Waals surface area contributed by atoms with Gasteiger partial charge in [0.15, 0.2) is 0 Å². The van der Waals surface area contributed by atoms with E-state index in [-0.39, 0.29) is 23.1 Å². The summed E-state index contributed by atoms with van der Waals surface area (Å²) >= 11 is 0. The highest BCUT2D eigenvalue weighted by Gasteiger charge is 2.48. The first-order chi connectivity index (χ1) is 34.0. The summed E-state index contributed by atoms with van der Waals surface area (Å²) in [5, 5.41) is 5.68. The van der Waals surface area contributed by atoms with Crippen LogP contribution in [0.15, 0.2) is 121 Å². The maximum Gasteiger partial charge on any atom is 0.333 e. The summed E-state index contributed by atoms with van der Waals surface area (Å²) in [6.45, 7) is 12.3. The van der Waals surface area contributed by atoms with Crippen LogP contribution in [0.3, 0.4) is 0 Å². The second kappa shape index (κ2) is 14.8. The molecule has 0 atom stereocenters. The van der Waals surface area contributed by atoms with Crippen molar-refractivity contribution in [3.05, 3.63) is 149 Å². The molecule has 8 aromatic rings. The molecule has 4 fully saturated rings. The molecule has 0 radical (unpaired) electrons. The van der Waals surface area contributed by atoms with E-state index >= 15 is 0 Å². The zero-order valence-electron chi connectivity index (χ0n) is 42.5. The Hall–Kier alpha value is -5.54. The second-order valence-corrected chi connectivity index (χ2v) is 25.5. The van der Waals surface area contributed by atoms with Gasteiger partial charge in [0.2, 0.25) is 0 Å². The van der Waals surface area contributed by atoms with Gasteiger partial charge in [-0.1, -0.05) is 152 Å². The normalized spacial score (nSPS) is 25.7. The summed E-state index contributed by atoms with van der Waals surface area (Å²) in [5.74, 6) is 1.75. The van der Waals surface area contributed by atoms with E-state index in [4.69, 9.17) is 0 Å². The molecule has 0 spiro atoms. The molecule has 3 heterocycles. The summed E-state index contributed by atoms with van der Waals surface area (Å²) in [6, 6.07) is 49.6. The van der Waals surface area contributed by atoms with Crippen LogP contribution < -0.4 is 15.8 Å². The third kappa shape index (κ3) is 5.87. The maximum atomic E-state index is 2.89. The third-order valence-electron chi connectivity index (χ3n) is 20.8. The number of hydrogen-bond donors (Lipinski definition) is 0. The summed E-state index contributed by atoms with van der Waals surface area (Å²) < 4.78 is 2.89. The molecule has 0 saturated heterocycles. The minimum absolute atomic E-state index is 0.00323. The van der Waals surface area contributed by atoms with Crippen LogP contribution in [0.25, 0.3) is 54.8 Å². The zero-order chi connectivity index (χ0) is 46.9. The van der Waals surface area contributed by atoms with Crippen molar-refractivity contribution in [1.82, 2.24) is 4.48 Å². The van der Waals surface area contributed by atoms with Gasteiger partial charge in [-0.25, -0.2) is 0 Å². The third-order valence-corrected chi connectivity index (χ3v) is 20.8. The lowest BCUT2D eigenvalue weighted by Gasteiger charge is -2.46. The number of anilines is 3. The molecule has 7 aromatic carbocycles. The maximum absolute atomic E-state index is 2.89. The summed E-state index contributed by atoms with van der Waals surface area (Å²) in [6.07, 6.45) is 21.7. The molecule has 15 rings (SSSR count). The highest BCUT2D eigenvalue weighted by molar-refractivity contribution is 6.91. The van der Waals surface area contributed by atoms with Gasteiger partial charge in [-0.05, 0) is 207 Å². The van der Waals surface area contributed by atoms with E-state index in [1.54, 1.807) is 11.1 Å². The van der Waals surface area contributed by atoms with Gasteiger partial charge in [0, 0.05) is 44.4 Å². The van der Waals surface area contributed by atoms with E-state index in [9.17, 15) is 0 Å². The minimum Gasteiger partial charge on any atom is -0.375 e. The fraction of sp³-hybridized carbons (Fsp3) is 0.403. The first-order valence-electron chi connectivity index (χ1n) is 27.8. The number of aryl methyl sites for hydroxylation is 1. The van der Waals surface area contributed by atoms with E-state index in [1.807, 2.05) is 0 Å². The number of hydrogen-bond acceptors (Lipinski definition) is 1. The monoisotopic (exact) mass is 913 g/mol. The first-order valence-corrected chi connectivity index (χ1v) is 27.8. The highest BCUT2D eigenvalue weighted by atomic mass is 15.2. The number of nitrogens with zero attached hydrogens (tertiary/aromatic N) is 2. The van der Waals surface area contributed by atoms with Gasteiger partial charge < -0.3 is 9.38 Å². The molecule has 2 nitrogen and oxygen atoms in total. The van der Waals surface area contributed by atoms with Crippen molar-refractivity contribution in [1.29, 1.82) is 0 Å². The Morgan fingerprint density at radius 3 is 1.84 bits per heavy atom. The Bertz CT molecular complexity index is 3490. The van der Waals surface area contributed by atoms with E-state index in [0.717, 1.165) is 11.8 Å². The molecule has 0 amide bonds. The van der Waals surface area contributed by atoms with Crippen molar-refractivity contribution >= 4 is 67.4 Å². The van der Waals surface area contributed by atoms with Crippen molar-refractivity contribution in [3.8, 4) is 22.3 Å². The molecule has 4 bridgehead atoms. The number of rotatable bonds is 4. The van der Waals surface area contributed by atoms with Crippen LogP contribution in [0.5, 0.6) is 0 Å². The molecule has 4 saturated carbocycles. The lowest BCUT2D eigenvalue weighted by atomic mass is 9.44. The lowest BCUT2D eigenvalue weighted by molar-refractivity contribution is 0.149. The Kier molecular flexibility index (Phi) is 8.90. The molecule has 70 heavy (non-hydrogen) atoms. The predicted molar refractivity (Wildman–Crippen MR) is 298 cm³/mol. The minimum atomic E-state index is 0.00323. The zero-order valence-corrected chi connectivity index (χ0v) is 42.5. The molecular formula is C67H69BN2. The summed E-state index contributed by atoms with van der Waals surface area (Å²) in [4.78, 5) is 2.75. The van der Waals surface area contributed by atoms with Crippen LogP contribution in [-0.2, 0) is 21.7 Å². The van der Waals surface area contributed by atoms with Gasteiger partial charge in [-0.2, -0.15) is 0 Å². The smallest absolute Gasteiger partial charge is 0.333 e. The molecule has 7 aliphatic rings. The molecule has 1 aromatic heterocycles. The second-order valence-electron chi connectivity index (χ2n) is 25.5. The van der Waals surface area contributed by atoms with E-state index in [2.05, 4.69) is 165 Å². The van der Waals surface area contributed by atoms with Crippen LogP contribution >= 0.6 is 0 Å². The van der Waals surface area contributed by atoms with Gasteiger partial charge in [-0.15, -0.1) is 0 Å². The van der Waals surface area contributed by atoms with Crippen LogP contribution in [-0.4, -0.2) is 11.3 Å². The van der Waals surface area contributed by atoms with Crippen LogP contribution in [0.2, 0.25) is 0 Å². The van der Waals surface area contributed by atoms with Crippen LogP contribution in [0.1, 0.15) is 158 Å². The highest BCUT2D eigenvalue weighted by Crippen LogP contribution is 2.57. The average Bonchev–Trinajstić information content (AvgIpc) is 3.70. The Balaban J connectivity index is 1.08. The van der Waals surface area contributed by atoms with Gasteiger partial charge in [-0.3, -0.25) is 0 Å². The van der Waals surface area contributed by atoms with E-state index in [1.165, 1.54) is 202 Å². The van der Waals surface area contributed by atoms with E-state index < -0.39 is 0 Å². The molecule has 5 aliphatic carbocycles. The standard InChI is InChI=1S/C67H69BN2/c1-42-33-55-56(65(4,5)32-31-64(55,2)3)39-59(42)69-58-25-23-46-21-9-10-22-50(46)61(58)68-62-52(34-47(35-60(62)69)45-19-7-6-8-20-45)54-38-49(67-29-13-17-44(41-67)18-14-30-67)37-53-51-36-48(24-26-57(51)70(68)63(53)54)66-27-11-15-43(40-66)16-12-28-66/h6-10,19-26,33-39,43-44H,11-18,27-32,40-41H2,1-5H3. The SMILES string of the molecule is Cc1cc2c(cc1N1c3cc(-c4ccccc4)cc4c3B(c3c1ccc1ccccc31)n1c3ccc(C56CCCC(CCC5)C6)cc3c3cc(C56CCCC(CCC5)C6)cc-4c31)C(C)(C)CCC2(C)C. The number of fused-ring (bicyclic) bond motifs is 14. The Labute approximate surface area is 417 Å². The quantitative estimate of drug-likeness (QED) is 0.160. The molecule has 2 aliphatic heterocycles. The summed E-state index contributed by atoms with van der Waals surface area (Å²) in [5.41, 5.74) is 23.7. The molecule has 0 N–H and O–H groups in total. The van der Waals surface area contributed by atoms with E-state index in [0.29, 0.717) is 5.41 Å². The number of aromatic nitrogens is 1. The average molecular weight is 913 g/mol. The van der Waals surface area contributed by atoms with Gasteiger partial charge in [0.05, 0.1) is 0 Å². The molecule has 0 unspecified atom stereocenters. The van der Waals surface area contributed by atoms with Crippen molar-refractivity contribution in [2.45, 2.75) is 159 Å². The van der Waals surface area contributed by atoms with Crippen molar-refractivity contribution < 1.29 is 0 Å². The topological polar surface area (TPSA) is 8.17 Å². The Morgan fingerprint density at radius 1 is 0.486 bits per heavy atom. The largest absolute Gasteiger partial charge is 0.375 e. The predicted octanol–water partition coefficient (Wildman–Crippen LogP) is 16.9. The van der Waals surface area contributed by atoms with Gasteiger partial charge in [0.25, 0.3) is 0 Å². The Morgan fingerprint density at radius 2 is 1.13 bits per heavy atom. The van der Waals surface area contributed by atoms with Crippen molar-refractivity contribution in [2.75, 3.05) is 4.90 Å². The van der Waals surface area contributed by atoms with Crippen molar-refractivity contribution in [2.24, 2.45) is 11.8 Å². The summed E-state index contributed by atoms with van der Waals surface area (Å²) in [7, 11) is 0. The number of benzene rings is 7. The van der Waals surface area contributed by atoms with Crippen LogP contribution in [0, 0.1) is 18.8 Å². The lowest BCUT2D eigenvalue weighted by Crippen LogP contribution is -2.57.